The van der Waals surface area contributed by atoms with Crippen LogP contribution in [0, 0.1) is 5.92 Å². The number of aryl methyl sites for hydroxylation is 1. The number of nitrogens with zero attached hydrogens (tertiary/aromatic N) is 1. The third kappa shape index (κ3) is 2.79. The normalized spacial score (nSPS) is 28.5. The van der Waals surface area contributed by atoms with Crippen molar-refractivity contribution in [2.45, 2.75) is 50.6 Å². The lowest BCUT2D eigenvalue weighted by molar-refractivity contribution is -0.135. The van der Waals surface area contributed by atoms with Gasteiger partial charge in [-0.1, -0.05) is 24.3 Å². The summed E-state index contributed by atoms with van der Waals surface area (Å²) in [6.07, 6.45) is 4.81. The molecule has 6 nitrogen and oxygen atoms in total. The van der Waals surface area contributed by atoms with E-state index >= 15 is 0 Å². The highest BCUT2D eigenvalue weighted by atomic mass is 16.2. The number of nitrogens with one attached hydrogen (secondary N) is 2. The summed E-state index contributed by atoms with van der Waals surface area (Å²) in [5.41, 5.74) is 1.56. The van der Waals surface area contributed by atoms with Gasteiger partial charge in [0.05, 0.1) is 6.04 Å². The van der Waals surface area contributed by atoms with Gasteiger partial charge in [-0.25, -0.2) is 4.79 Å². The molecule has 0 spiro atoms. The molecule has 0 radical (unpaired) electrons. The summed E-state index contributed by atoms with van der Waals surface area (Å²) in [4.78, 5) is 38.3. The van der Waals surface area contributed by atoms with Gasteiger partial charge in [0, 0.05) is 0 Å². The molecule has 2 N–H and O–H groups in total. The summed E-state index contributed by atoms with van der Waals surface area (Å²) >= 11 is 0. The van der Waals surface area contributed by atoms with Crippen molar-refractivity contribution >= 4 is 17.8 Å². The van der Waals surface area contributed by atoms with Gasteiger partial charge < -0.3 is 10.6 Å². The summed E-state index contributed by atoms with van der Waals surface area (Å²) in [6, 6.07) is 7.60. The Kier molecular flexibility index (Phi) is 3.78. The fourth-order valence-electron chi connectivity index (χ4n) is 4.08. The fourth-order valence-corrected chi connectivity index (χ4v) is 4.08. The molecule has 2 fully saturated rings. The van der Waals surface area contributed by atoms with Crippen LogP contribution >= 0.6 is 0 Å². The minimum absolute atomic E-state index is 0.0481. The maximum absolute atomic E-state index is 12.6. The molecule has 6 heteroatoms. The summed E-state index contributed by atoms with van der Waals surface area (Å²) in [6.45, 7) is 1.55. The number of rotatable bonds is 4. The van der Waals surface area contributed by atoms with Gasteiger partial charge in [-0.3, -0.25) is 14.5 Å². The summed E-state index contributed by atoms with van der Waals surface area (Å²) in [5.74, 6) is -0.369. The number of benzene rings is 1. The standard InChI is InChI=1S/C19H23N3O3/c1-19(13-9-10-13)17(24)22(18(25)21-19)11-16(23)20-15-8-4-6-12-5-2-3-7-14(12)15/h2-3,5,7,13,15H,4,6,8-11H2,1H3,(H,20,23)(H,21,25). The van der Waals surface area contributed by atoms with Crippen molar-refractivity contribution in [2.24, 2.45) is 5.92 Å². The molecule has 0 bridgehead atoms. The second-order valence-electron chi connectivity index (χ2n) is 7.51. The Hall–Kier alpha value is -2.37. The molecular weight excluding hydrogens is 318 g/mol. The first-order chi connectivity index (χ1) is 12.0. The smallest absolute Gasteiger partial charge is 0.325 e. The van der Waals surface area contributed by atoms with E-state index in [-0.39, 0.29) is 30.3 Å². The highest BCUT2D eigenvalue weighted by Crippen LogP contribution is 2.42. The summed E-state index contributed by atoms with van der Waals surface area (Å²) in [7, 11) is 0. The zero-order chi connectivity index (χ0) is 17.6. The van der Waals surface area contributed by atoms with Crippen LogP contribution in [0.2, 0.25) is 0 Å². The average molecular weight is 341 g/mol. The van der Waals surface area contributed by atoms with Crippen molar-refractivity contribution in [2.75, 3.05) is 6.54 Å². The monoisotopic (exact) mass is 341 g/mol. The van der Waals surface area contributed by atoms with Crippen LogP contribution in [0.5, 0.6) is 0 Å². The van der Waals surface area contributed by atoms with Crippen LogP contribution in [0.25, 0.3) is 0 Å². The van der Waals surface area contributed by atoms with E-state index in [0.29, 0.717) is 0 Å². The van der Waals surface area contributed by atoms with Crippen LogP contribution in [-0.4, -0.2) is 34.8 Å². The Labute approximate surface area is 147 Å². The maximum atomic E-state index is 12.6. The lowest BCUT2D eigenvalue weighted by Crippen LogP contribution is -2.47. The predicted octanol–water partition coefficient (Wildman–Crippen LogP) is 1.90. The largest absolute Gasteiger partial charge is 0.348 e. The van der Waals surface area contributed by atoms with Crippen LogP contribution < -0.4 is 10.6 Å². The first-order valence-electron chi connectivity index (χ1n) is 9.00. The van der Waals surface area contributed by atoms with Crippen molar-refractivity contribution in [3.63, 3.8) is 0 Å². The summed E-state index contributed by atoms with van der Waals surface area (Å²) in [5, 5.41) is 5.78. The third-order valence-corrected chi connectivity index (χ3v) is 5.70. The van der Waals surface area contributed by atoms with Crippen molar-refractivity contribution in [3.05, 3.63) is 35.4 Å². The Balaban J connectivity index is 1.43. The van der Waals surface area contributed by atoms with Crippen molar-refractivity contribution < 1.29 is 14.4 Å². The number of hydrogen-bond donors (Lipinski definition) is 2. The first kappa shape index (κ1) is 16.1. The zero-order valence-electron chi connectivity index (χ0n) is 14.4. The molecule has 2 unspecified atom stereocenters. The van der Waals surface area contributed by atoms with Crippen LogP contribution in [0.1, 0.15) is 49.8 Å². The molecule has 1 saturated heterocycles. The number of imide groups is 1. The quantitative estimate of drug-likeness (QED) is 0.821. The molecule has 25 heavy (non-hydrogen) atoms. The molecule has 132 valence electrons. The van der Waals surface area contributed by atoms with Gasteiger partial charge in [0.1, 0.15) is 12.1 Å². The zero-order valence-corrected chi connectivity index (χ0v) is 14.4. The van der Waals surface area contributed by atoms with E-state index in [1.165, 1.54) is 5.56 Å². The number of urea groups is 1. The van der Waals surface area contributed by atoms with Gasteiger partial charge in [0.15, 0.2) is 0 Å². The minimum Gasteiger partial charge on any atom is -0.348 e. The van der Waals surface area contributed by atoms with Crippen molar-refractivity contribution in [1.82, 2.24) is 15.5 Å². The van der Waals surface area contributed by atoms with Crippen LogP contribution in [0.15, 0.2) is 24.3 Å². The Bertz CT molecular complexity index is 743. The topological polar surface area (TPSA) is 78.5 Å². The molecule has 4 amide bonds. The molecule has 1 aromatic carbocycles. The number of carbonyl (C=O) groups is 3. The average Bonchev–Trinajstić information content (AvgIpc) is 3.42. The van der Waals surface area contributed by atoms with Gasteiger partial charge >= 0.3 is 6.03 Å². The molecular formula is C19H23N3O3. The van der Waals surface area contributed by atoms with Gasteiger partial charge in [-0.05, 0) is 56.1 Å². The second kappa shape index (κ2) is 5.86. The highest BCUT2D eigenvalue weighted by Gasteiger charge is 2.56. The fraction of sp³-hybridized carbons (Fsp3) is 0.526. The molecule has 1 aromatic rings. The number of fused-ring (bicyclic) bond motifs is 1. The van der Waals surface area contributed by atoms with Crippen LogP contribution in [0.4, 0.5) is 4.79 Å². The van der Waals surface area contributed by atoms with Gasteiger partial charge in [-0.15, -0.1) is 0 Å². The molecule has 3 aliphatic rings. The molecule has 1 aliphatic heterocycles. The van der Waals surface area contributed by atoms with Gasteiger partial charge in [0.2, 0.25) is 5.91 Å². The number of carbonyl (C=O) groups excluding carboxylic acids is 3. The van der Waals surface area contributed by atoms with Crippen molar-refractivity contribution in [3.8, 4) is 0 Å². The van der Waals surface area contributed by atoms with E-state index in [1.807, 2.05) is 18.2 Å². The Morgan fingerprint density at radius 2 is 2.04 bits per heavy atom. The summed E-state index contributed by atoms with van der Waals surface area (Å²) < 4.78 is 0. The molecule has 4 rings (SSSR count). The third-order valence-electron chi connectivity index (χ3n) is 5.70. The Morgan fingerprint density at radius 3 is 2.80 bits per heavy atom. The van der Waals surface area contributed by atoms with E-state index < -0.39 is 11.6 Å². The molecule has 1 heterocycles. The maximum Gasteiger partial charge on any atom is 0.325 e. The van der Waals surface area contributed by atoms with Gasteiger partial charge in [-0.2, -0.15) is 0 Å². The number of amides is 4. The lowest BCUT2D eigenvalue weighted by atomic mass is 9.88. The minimum atomic E-state index is -0.838. The molecule has 1 saturated carbocycles. The van der Waals surface area contributed by atoms with E-state index in [9.17, 15) is 14.4 Å². The SMILES string of the molecule is CC1(C2CC2)NC(=O)N(CC(=O)NC2CCCc3ccccc32)C1=O. The molecule has 0 aromatic heterocycles. The van der Waals surface area contributed by atoms with Crippen molar-refractivity contribution in [1.29, 1.82) is 0 Å². The number of hydrogen-bond acceptors (Lipinski definition) is 3. The molecule has 2 aliphatic carbocycles. The van der Waals surface area contributed by atoms with E-state index in [4.69, 9.17) is 0 Å². The second-order valence-corrected chi connectivity index (χ2v) is 7.51. The molecule has 2 atom stereocenters. The highest BCUT2D eigenvalue weighted by molar-refractivity contribution is 6.09. The van der Waals surface area contributed by atoms with Gasteiger partial charge in [0.25, 0.3) is 5.91 Å². The Morgan fingerprint density at radius 1 is 1.28 bits per heavy atom. The van der Waals surface area contributed by atoms with E-state index in [1.54, 1.807) is 6.92 Å². The van der Waals surface area contributed by atoms with E-state index in [2.05, 4.69) is 16.7 Å². The van der Waals surface area contributed by atoms with E-state index in [0.717, 1.165) is 42.6 Å². The van der Waals surface area contributed by atoms with Crippen LogP contribution in [0.3, 0.4) is 0 Å². The first-order valence-corrected chi connectivity index (χ1v) is 9.00. The lowest BCUT2D eigenvalue weighted by Gasteiger charge is -2.27. The predicted molar refractivity (Wildman–Crippen MR) is 91.6 cm³/mol. The van der Waals surface area contributed by atoms with Crippen LogP contribution in [-0.2, 0) is 16.0 Å².